The summed E-state index contributed by atoms with van der Waals surface area (Å²) in [6.07, 6.45) is 13.3. The van der Waals surface area contributed by atoms with Crippen molar-refractivity contribution in [2.45, 2.75) is 33.5 Å². The number of nitrogens with zero attached hydrogens (tertiary/aromatic N) is 3. The standard InChI is InChI=1S/C21H23N3/c1-21(2)11-6-7-17(10-12-21)13-24-15-18-14-23(16-20(18)22-24)19-8-4-3-5-9-19/h3-12,15H,13-14,16H2,1-2H3. The van der Waals surface area contributed by atoms with Gasteiger partial charge >= 0.3 is 0 Å². The maximum Gasteiger partial charge on any atom is 0.0867 e. The van der Waals surface area contributed by atoms with E-state index in [0.717, 1.165) is 19.6 Å². The summed E-state index contributed by atoms with van der Waals surface area (Å²) in [5, 5.41) is 4.80. The Balaban J connectivity index is 1.47. The van der Waals surface area contributed by atoms with E-state index >= 15 is 0 Å². The Labute approximate surface area is 143 Å². The van der Waals surface area contributed by atoms with Crippen LogP contribution in [0.2, 0.25) is 0 Å². The minimum atomic E-state index is 0.125. The van der Waals surface area contributed by atoms with Crippen LogP contribution in [0.15, 0.2) is 72.5 Å². The predicted octanol–water partition coefficient (Wildman–Crippen LogP) is 4.48. The molecule has 2 aliphatic rings. The first-order valence-corrected chi connectivity index (χ1v) is 8.52. The lowest BCUT2D eigenvalue weighted by molar-refractivity contribution is 0.624. The third kappa shape index (κ3) is 3.07. The molecule has 3 heteroatoms. The molecule has 1 aromatic carbocycles. The van der Waals surface area contributed by atoms with Gasteiger partial charge in [-0.2, -0.15) is 5.10 Å². The molecular weight excluding hydrogens is 294 g/mol. The number of benzene rings is 1. The van der Waals surface area contributed by atoms with Crippen molar-refractivity contribution < 1.29 is 0 Å². The summed E-state index contributed by atoms with van der Waals surface area (Å²) in [6, 6.07) is 10.6. The second-order valence-electron chi connectivity index (χ2n) is 7.25. The van der Waals surface area contributed by atoms with Crippen LogP contribution in [0.1, 0.15) is 25.1 Å². The SMILES string of the molecule is CC1(C)C=CC=C(Cn2cc3c(n2)CN(c2ccccc2)C3)C=C1. The Bertz CT molecular complexity index is 799. The van der Waals surface area contributed by atoms with Gasteiger partial charge in [0.05, 0.1) is 18.8 Å². The van der Waals surface area contributed by atoms with E-state index in [-0.39, 0.29) is 5.41 Å². The Hall–Kier alpha value is -2.55. The summed E-state index contributed by atoms with van der Waals surface area (Å²) in [4.78, 5) is 2.37. The van der Waals surface area contributed by atoms with E-state index in [1.807, 2.05) is 0 Å². The van der Waals surface area contributed by atoms with E-state index in [1.54, 1.807) is 0 Å². The molecule has 0 unspecified atom stereocenters. The first-order chi connectivity index (χ1) is 11.6. The van der Waals surface area contributed by atoms with Crippen molar-refractivity contribution in [3.05, 3.63) is 83.7 Å². The maximum absolute atomic E-state index is 4.80. The van der Waals surface area contributed by atoms with Crippen molar-refractivity contribution in [1.29, 1.82) is 0 Å². The van der Waals surface area contributed by atoms with Crippen LogP contribution in [0.4, 0.5) is 5.69 Å². The molecule has 0 spiro atoms. The van der Waals surface area contributed by atoms with Crippen LogP contribution < -0.4 is 4.90 Å². The van der Waals surface area contributed by atoms with Gasteiger partial charge < -0.3 is 4.90 Å². The highest BCUT2D eigenvalue weighted by molar-refractivity contribution is 5.50. The number of para-hydroxylation sites is 1. The summed E-state index contributed by atoms with van der Waals surface area (Å²) in [5.74, 6) is 0. The van der Waals surface area contributed by atoms with Crippen molar-refractivity contribution >= 4 is 5.69 Å². The van der Waals surface area contributed by atoms with Crippen LogP contribution in [-0.4, -0.2) is 9.78 Å². The third-order valence-electron chi connectivity index (χ3n) is 4.66. The lowest BCUT2D eigenvalue weighted by Gasteiger charge is -2.17. The Morgan fingerprint density at radius 2 is 1.92 bits per heavy atom. The molecular formula is C21H23N3. The van der Waals surface area contributed by atoms with Gasteiger partial charge in [0.1, 0.15) is 0 Å². The molecule has 1 aliphatic heterocycles. The first-order valence-electron chi connectivity index (χ1n) is 8.52. The van der Waals surface area contributed by atoms with Crippen molar-refractivity contribution in [3.8, 4) is 0 Å². The Morgan fingerprint density at radius 3 is 2.71 bits per heavy atom. The van der Waals surface area contributed by atoms with Gasteiger partial charge in [0.15, 0.2) is 0 Å². The fraction of sp³-hybridized carbons (Fsp3) is 0.286. The topological polar surface area (TPSA) is 21.1 Å². The number of allylic oxidation sites excluding steroid dienone is 6. The van der Waals surface area contributed by atoms with Gasteiger partial charge in [-0.05, 0) is 17.7 Å². The second-order valence-corrected chi connectivity index (χ2v) is 7.25. The molecule has 0 radical (unpaired) electrons. The van der Waals surface area contributed by atoms with Crippen molar-refractivity contribution in [2.75, 3.05) is 4.90 Å². The van der Waals surface area contributed by atoms with E-state index in [1.165, 1.54) is 22.5 Å². The zero-order valence-electron chi connectivity index (χ0n) is 14.3. The zero-order chi connectivity index (χ0) is 16.6. The minimum Gasteiger partial charge on any atom is -0.361 e. The number of rotatable bonds is 3. The van der Waals surface area contributed by atoms with E-state index in [9.17, 15) is 0 Å². The van der Waals surface area contributed by atoms with Crippen molar-refractivity contribution in [3.63, 3.8) is 0 Å². The van der Waals surface area contributed by atoms with Gasteiger partial charge in [-0.3, -0.25) is 4.68 Å². The summed E-state index contributed by atoms with van der Waals surface area (Å²) >= 11 is 0. The van der Waals surface area contributed by atoms with Gasteiger partial charge in [-0.25, -0.2) is 0 Å². The first kappa shape index (κ1) is 15.0. The van der Waals surface area contributed by atoms with Gasteiger partial charge in [0.2, 0.25) is 0 Å². The molecule has 4 rings (SSSR count). The quantitative estimate of drug-likeness (QED) is 0.832. The molecule has 3 nitrogen and oxygen atoms in total. The van der Waals surface area contributed by atoms with Gasteiger partial charge in [-0.15, -0.1) is 0 Å². The molecule has 0 saturated heterocycles. The van der Waals surface area contributed by atoms with Gasteiger partial charge in [-0.1, -0.05) is 62.4 Å². The number of anilines is 1. The third-order valence-corrected chi connectivity index (χ3v) is 4.66. The largest absolute Gasteiger partial charge is 0.361 e. The van der Waals surface area contributed by atoms with Crippen molar-refractivity contribution in [1.82, 2.24) is 9.78 Å². The van der Waals surface area contributed by atoms with Crippen LogP contribution in [-0.2, 0) is 19.6 Å². The molecule has 2 aromatic rings. The average molecular weight is 317 g/mol. The Morgan fingerprint density at radius 1 is 1.08 bits per heavy atom. The number of hydrogen-bond donors (Lipinski definition) is 0. The normalized spacial score (nSPS) is 18.4. The summed E-state index contributed by atoms with van der Waals surface area (Å²) < 4.78 is 2.08. The molecule has 24 heavy (non-hydrogen) atoms. The molecule has 0 bridgehead atoms. The van der Waals surface area contributed by atoms with E-state index in [2.05, 4.69) is 90.3 Å². The van der Waals surface area contributed by atoms with E-state index in [0.29, 0.717) is 0 Å². The van der Waals surface area contributed by atoms with E-state index < -0.39 is 0 Å². The van der Waals surface area contributed by atoms with Gasteiger partial charge in [0.25, 0.3) is 0 Å². The molecule has 1 aliphatic carbocycles. The number of hydrogen-bond acceptors (Lipinski definition) is 2. The van der Waals surface area contributed by atoms with Crippen LogP contribution >= 0.6 is 0 Å². The predicted molar refractivity (Wildman–Crippen MR) is 98.7 cm³/mol. The van der Waals surface area contributed by atoms with Crippen LogP contribution in [0, 0.1) is 5.41 Å². The Kier molecular flexibility index (Phi) is 3.64. The smallest absolute Gasteiger partial charge is 0.0867 e. The van der Waals surface area contributed by atoms with Crippen LogP contribution in [0.25, 0.3) is 0 Å². The highest BCUT2D eigenvalue weighted by Gasteiger charge is 2.22. The molecule has 122 valence electrons. The lowest BCUT2D eigenvalue weighted by atomic mass is 9.93. The van der Waals surface area contributed by atoms with Crippen molar-refractivity contribution in [2.24, 2.45) is 5.41 Å². The highest BCUT2D eigenvalue weighted by Crippen LogP contribution is 2.28. The fourth-order valence-corrected chi connectivity index (χ4v) is 3.26. The maximum atomic E-state index is 4.80. The highest BCUT2D eigenvalue weighted by atomic mass is 15.3. The molecule has 0 N–H and O–H groups in total. The molecule has 0 atom stereocenters. The average Bonchev–Trinajstić information content (AvgIpc) is 3.06. The summed E-state index contributed by atoms with van der Waals surface area (Å²) in [6.45, 7) is 7.11. The lowest BCUT2D eigenvalue weighted by Crippen LogP contribution is -2.16. The molecule has 1 aromatic heterocycles. The molecule has 2 heterocycles. The zero-order valence-corrected chi connectivity index (χ0v) is 14.3. The number of fused-ring (bicyclic) bond motifs is 1. The second kappa shape index (κ2) is 5.82. The fourth-order valence-electron chi connectivity index (χ4n) is 3.26. The van der Waals surface area contributed by atoms with Crippen LogP contribution in [0.5, 0.6) is 0 Å². The molecule has 0 saturated carbocycles. The summed E-state index contributed by atoms with van der Waals surface area (Å²) in [7, 11) is 0. The summed E-state index contributed by atoms with van der Waals surface area (Å²) in [5.41, 5.74) is 5.22. The minimum absolute atomic E-state index is 0.125. The van der Waals surface area contributed by atoms with Gasteiger partial charge in [0, 0.05) is 29.4 Å². The number of aromatic nitrogens is 2. The van der Waals surface area contributed by atoms with E-state index in [4.69, 9.17) is 5.10 Å². The molecule has 0 amide bonds. The monoisotopic (exact) mass is 317 g/mol. The van der Waals surface area contributed by atoms with Crippen LogP contribution in [0.3, 0.4) is 0 Å². The molecule has 0 fully saturated rings.